The summed E-state index contributed by atoms with van der Waals surface area (Å²) >= 11 is 0. The van der Waals surface area contributed by atoms with Gasteiger partial charge in [0.15, 0.2) is 18.7 Å². The Hall–Kier alpha value is -5.32. The lowest BCUT2D eigenvalue weighted by Crippen LogP contribution is -2.50. The first kappa shape index (κ1) is 27.0. The Balaban J connectivity index is 1.13. The highest BCUT2D eigenvalue weighted by Crippen LogP contribution is 2.56. The Labute approximate surface area is 269 Å². The summed E-state index contributed by atoms with van der Waals surface area (Å²) in [7, 11) is 0. The fourth-order valence-electron chi connectivity index (χ4n) is 7.10. The second kappa shape index (κ2) is 11.2. The Morgan fingerprint density at radius 2 is 0.652 bits per heavy atom. The van der Waals surface area contributed by atoms with Crippen LogP contribution >= 0.6 is 0 Å². The molecule has 3 atom stereocenters. The molecule has 4 heteroatoms. The molecule has 46 heavy (non-hydrogen) atoms. The van der Waals surface area contributed by atoms with Crippen LogP contribution in [0.5, 0.6) is 17.2 Å². The SMILES string of the molecule is c1ccc(Cc2ccc3c(c2)[C@H]2Oc4ccc(Cc5ccccc5)cc4[C@@H]4Oc5ccc(Cc6ccccc6)cc5[C@H](O3)N24)cc1. The largest absolute Gasteiger partial charge is 0.470 e. The molecule has 0 saturated carbocycles. The zero-order valence-corrected chi connectivity index (χ0v) is 25.4. The van der Waals surface area contributed by atoms with Crippen molar-refractivity contribution in [2.75, 3.05) is 0 Å². The zero-order chi connectivity index (χ0) is 30.5. The predicted molar refractivity (Wildman–Crippen MR) is 179 cm³/mol. The van der Waals surface area contributed by atoms with Crippen molar-refractivity contribution in [1.82, 2.24) is 4.90 Å². The molecule has 0 N–H and O–H groups in total. The Morgan fingerprint density at radius 1 is 0.348 bits per heavy atom. The normalized spacial score (nSPS) is 18.9. The van der Waals surface area contributed by atoms with Crippen molar-refractivity contribution < 1.29 is 14.2 Å². The van der Waals surface area contributed by atoms with Crippen LogP contribution in [0.3, 0.4) is 0 Å². The molecule has 0 fully saturated rings. The average Bonchev–Trinajstić information content (AvgIpc) is 3.10. The second-order valence-electron chi connectivity index (χ2n) is 12.5. The lowest BCUT2D eigenvalue weighted by Gasteiger charge is -2.51. The fraction of sp³-hybridized carbons (Fsp3) is 0.143. The van der Waals surface area contributed by atoms with E-state index in [1.807, 2.05) is 0 Å². The molecule has 6 aromatic rings. The first-order valence-electron chi connectivity index (χ1n) is 16.0. The van der Waals surface area contributed by atoms with Gasteiger partial charge in [0.1, 0.15) is 17.2 Å². The maximum atomic E-state index is 6.92. The quantitative estimate of drug-likeness (QED) is 0.191. The minimum absolute atomic E-state index is 0.354. The lowest BCUT2D eigenvalue weighted by molar-refractivity contribution is -0.202. The maximum Gasteiger partial charge on any atom is 0.188 e. The van der Waals surface area contributed by atoms with Gasteiger partial charge in [0.05, 0.1) is 16.7 Å². The average molecular weight is 600 g/mol. The van der Waals surface area contributed by atoms with Gasteiger partial charge < -0.3 is 14.2 Å². The molecule has 4 nitrogen and oxygen atoms in total. The summed E-state index contributed by atoms with van der Waals surface area (Å²) in [5.74, 6) is 2.56. The molecular weight excluding hydrogens is 566 g/mol. The van der Waals surface area contributed by atoms with E-state index in [0.29, 0.717) is 0 Å². The third-order valence-electron chi connectivity index (χ3n) is 9.30. The standard InChI is InChI=1S/C42H33NO3/c1-4-10-28(11-5-1)22-31-16-19-37-34(25-31)40-43-41(44-37)36-27-33(24-30-14-8-3-9-15-30)18-21-39(36)46-42(43)35-26-32(17-20-38(35)45-40)23-29-12-6-2-7-13-29/h1-21,25-27,40-42H,22-24H2/t40-,41-,42+/m0/s1. The molecule has 3 aliphatic heterocycles. The van der Waals surface area contributed by atoms with Crippen LogP contribution in [-0.4, -0.2) is 4.90 Å². The van der Waals surface area contributed by atoms with Crippen LogP contribution in [0.1, 0.15) is 68.8 Å². The van der Waals surface area contributed by atoms with Gasteiger partial charge in [-0.15, -0.1) is 0 Å². The number of rotatable bonds is 6. The fourth-order valence-corrected chi connectivity index (χ4v) is 7.10. The van der Waals surface area contributed by atoms with Crippen LogP contribution in [0.15, 0.2) is 146 Å². The number of ether oxygens (including phenoxy) is 3. The van der Waals surface area contributed by atoms with Gasteiger partial charge in [-0.25, -0.2) is 0 Å². The summed E-state index contributed by atoms with van der Waals surface area (Å²) in [5.41, 5.74) is 10.6. The molecule has 3 aliphatic rings. The van der Waals surface area contributed by atoms with Gasteiger partial charge in [-0.1, -0.05) is 109 Å². The topological polar surface area (TPSA) is 30.9 Å². The number of nitrogens with zero attached hydrogens (tertiary/aromatic N) is 1. The van der Waals surface area contributed by atoms with Crippen molar-refractivity contribution in [1.29, 1.82) is 0 Å². The van der Waals surface area contributed by atoms with Crippen molar-refractivity contribution >= 4 is 0 Å². The van der Waals surface area contributed by atoms with Gasteiger partial charge in [0.2, 0.25) is 0 Å². The van der Waals surface area contributed by atoms with Crippen molar-refractivity contribution in [2.24, 2.45) is 0 Å². The second-order valence-corrected chi connectivity index (χ2v) is 12.5. The number of fused-ring (bicyclic) bond motifs is 6. The van der Waals surface area contributed by atoms with Crippen LogP contribution in [0.25, 0.3) is 0 Å². The molecule has 0 amide bonds. The summed E-state index contributed by atoms with van der Waals surface area (Å²) in [5, 5.41) is 0. The molecule has 3 heterocycles. The lowest BCUT2D eigenvalue weighted by atomic mass is 9.94. The van der Waals surface area contributed by atoms with E-state index < -0.39 is 0 Å². The number of hydrogen-bond donors (Lipinski definition) is 0. The van der Waals surface area contributed by atoms with Gasteiger partial charge in [0, 0.05) is 0 Å². The van der Waals surface area contributed by atoms with Crippen molar-refractivity contribution in [2.45, 2.75) is 37.9 Å². The monoisotopic (exact) mass is 599 g/mol. The highest BCUT2D eigenvalue weighted by atomic mass is 16.6. The van der Waals surface area contributed by atoms with Gasteiger partial charge in [-0.05, 0) is 89.0 Å². The van der Waals surface area contributed by atoms with E-state index in [2.05, 4.69) is 150 Å². The van der Waals surface area contributed by atoms with Crippen LogP contribution in [0.2, 0.25) is 0 Å². The highest BCUT2D eigenvalue weighted by Gasteiger charge is 2.51. The van der Waals surface area contributed by atoms with Crippen molar-refractivity contribution in [3.05, 3.63) is 196 Å². The number of benzene rings is 6. The van der Waals surface area contributed by atoms with E-state index in [4.69, 9.17) is 14.2 Å². The van der Waals surface area contributed by atoms with Crippen LogP contribution in [-0.2, 0) is 19.3 Å². The Morgan fingerprint density at radius 3 is 0.957 bits per heavy atom. The molecule has 0 aliphatic carbocycles. The molecule has 9 rings (SSSR count). The third kappa shape index (κ3) is 4.92. The molecule has 0 radical (unpaired) electrons. The minimum Gasteiger partial charge on any atom is -0.470 e. The molecular formula is C42H33NO3. The summed E-state index contributed by atoms with van der Waals surface area (Å²) in [6, 6.07) is 51.4. The molecule has 0 unspecified atom stereocenters. The highest BCUT2D eigenvalue weighted by molar-refractivity contribution is 5.51. The molecule has 0 saturated heterocycles. The van der Waals surface area contributed by atoms with Crippen molar-refractivity contribution in [3.8, 4) is 17.2 Å². The summed E-state index contributed by atoms with van der Waals surface area (Å²) in [6.07, 6.45) is 1.47. The Kier molecular flexibility index (Phi) is 6.60. The van der Waals surface area contributed by atoms with Gasteiger partial charge in [-0.2, -0.15) is 4.90 Å². The first-order chi connectivity index (χ1) is 22.7. The van der Waals surface area contributed by atoms with Gasteiger partial charge >= 0.3 is 0 Å². The molecule has 0 aromatic heterocycles. The van der Waals surface area contributed by atoms with E-state index in [9.17, 15) is 0 Å². The smallest absolute Gasteiger partial charge is 0.188 e. The van der Waals surface area contributed by atoms with Gasteiger partial charge in [-0.3, -0.25) is 0 Å². The third-order valence-corrected chi connectivity index (χ3v) is 9.30. The molecule has 224 valence electrons. The van der Waals surface area contributed by atoms with Crippen LogP contribution in [0.4, 0.5) is 0 Å². The summed E-state index contributed by atoms with van der Waals surface area (Å²) in [4.78, 5) is 2.28. The van der Waals surface area contributed by atoms with E-state index in [0.717, 1.165) is 53.2 Å². The molecule has 0 spiro atoms. The zero-order valence-electron chi connectivity index (χ0n) is 25.4. The summed E-state index contributed by atoms with van der Waals surface area (Å²) < 4.78 is 20.7. The maximum absolute atomic E-state index is 6.92. The van der Waals surface area contributed by atoms with Crippen LogP contribution < -0.4 is 14.2 Å². The predicted octanol–water partition coefficient (Wildman–Crippen LogP) is 9.33. The molecule has 0 bridgehead atoms. The van der Waals surface area contributed by atoms with E-state index in [-0.39, 0.29) is 18.7 Å². The minimum atomic E-state index is -0.354. The first-order valence-corrected chi connectivity index (χ1v) is 16.0. The summed E-state index contributed by atoms with van der Waals surface area (Å²) in [6.45, 7) is 0. The number of hydrogen-bond acceptors (Lipinski definition) is 4. The molecule has 6 aromatic carbocycles. The van der Waals surface area contributed by atoms with E-state index in [1.165, 1.54) is 33.4 Å². The van der Waals surface area contributed by atoms with E-state index >= 15 is 0 Å². The van der Waals surface area contributed by atoms with Crippen molar-refractivity contribution in [3.63, 3.8) is 0 Å². The van der Waals surface area contributed by atoms with E-state index in [1.54, 1.807) is 0 Å². The van der Waals surface area contributed by atoms with Crippen LogP contribution in [0, 0.1) is 0 Å². The van der Waals surface area contributed by atoms with Gasteiger partial charge in [0.25, 0.3) is 0 Å². The Bertz CT molecular complexity index is 1790.